The summed E-state index contributed by atoms with van der Waals surface area (Å²) in [7, 11) is 0. The Morgan fingerprint density at radius 2 is 1.95 bits per heavy atom. The van der Waals surface area contributed by atoms with Crippen molar-refractivity contribution in [2.45, 2.75) is 44.1 Å². The Morgan fingerprint density at radius 1 is 1.21 bits per heavy atom. The van der Waals surface area contributed by atoms with Crippen LogP contribution in [0.15, 0.2) is 21.1 Å². The Kier molecular flexibility index (Phi) is 5.25. The molecule has 0 heterocycles. The lowest BCUT2D eigenvalue weighted by Crippen LogP contribution is -2.42. The fraction of sp³-hybridized carbons (Fsp3) is 0.538. The lowest BCUT2D eigenvalue weighted by atomic mass is 9.90. The number of anilines is 1. The maximum absolute atomic E-state index is 9.66. The van der Waals surface area contributed by atoms with Crippen molar-refractivity contribution in [1.82, 2.24) is 5.32 Å². The van der Waals surface area contributed by atoms with Gasteiger partial charge in [0.2, 0.25) is 0 Å². The van der Waals surface area contributed by atoms with E-state index in [0.717, 1.165) is 26.6 Å². The number of nitrogens with two attached hydrogens (primary N) is 1. The minimum absolute atomic E-state index is 0.218. The van der Waals surface area contributed by atoms with Crippen LogP contribution in [-0.2, 0) is 6.54 Å². The second-order valence-corrected chi connectivity index (χ2v) is 6.76. The molecular formula is C13H18Br2N2O2. The van der Waals surface area contributed by atoms with Gasteiger partial charge in [0.05, 0.1) is 17.9 Å². The van der Waals surface area contributed by atoms with Gasteiger partial charge in [-0.05, 0) is 52.9 Å². The van der Waals surface area contributed by atoms with Crippen molar-refractivity contribution in [2.24, 2.45) is 0 Å². The van der Waals surface area contributed by atoms with Crippen LogP contribution in [-0.4, -0.2) is 28.5 Å². The van der Waals surface area contributed by atoms with Gasteiger partial charge in [-0.15, -0.1) is 0 Å². The standard InChI is InChI=1S/C13H18Br2N2O2/c14-8-3-7(13(16)10(15)4-8)6-17-9-1-2-11(18)12(19)5-9/h3-4,9,11-12,17-19H,1-2,5-6,16H2. The van der Waals surface area contributed by atoms with E-state index < -0.39 is 12.2 Å². The lowest BCUT2D eigenvalue weighted by molar-refractivity contribution is -0.0183. The smallest absolute Gasteiger partial charge is 0.0813 e. The van der Waals surface area contributed by atoms with E-state index in [4.69, 9.17) is 5.73 Å². The van der Waals surface area contributed by atoms with Crippen molar-refractivity contribution < 1.29 is 10.2 Å². The topological polar surface area (TPSA) is 78.5 Å². The predicted octanol–water partition coefficient (Wildman–Crippen LogP) is 2.16. The van der Waals surface area contributed by atoms with Crippen LogP contribution in [0.1, 0.15) is 24.8 Å². The Labute approximate surface area is 129 Å². The summed E-state index contributed by atoms with van der Waals surface area (Å²) in [4.78, 5) is 0. The van der Waals surface area contributed by atoms with E-state index in [1.165, 1.54) is 0 Å². The Balaban J connectivity index is 1.96. The van der Waals surface area contributed by atoms with E-state index >= 15 is 0 Å². The molecule has 106 valence electrons. The van der Waals surface area contributed by atoms with Gasteiger partial charge in [0, 0.05) is 21.5 Å². The minimum Gasteiger partial charge on any atom is -0.398 e. The number of rotatable bonds is 3. The van der Waals surface area contributed by atoms with Gasteiger partial charge in [0.15, 0.2) is 0 Å². The molecule has 1 saturated carbocycles. The minimum atomic E-state index is -0.627. The highest BCUT2D eigenvalue weighted by atomic mass is 79.9. The molecule has 1 fully saturated rings. The molecule has 1 aliphatic rings. The molecule has 0 saturated heterocycles. The average Bonchev–Trinajstić information content (AvgIpc) is 2.36. The zero-order valence-corrected chi connectivity index (χ0v) is 13.6. The molecule has 6 heteroatoms. The van der Waals surface area contributed by atoms with Crippen LogP contribution in [0, 0.1) is 0 Å². The predicted molar refractivity (Wildman–Crippen MR) is 82.7 cm³/mol. The molecule has 5 N–H and O–H groups in total. The number of nitrogen functional groups attached to an aromatic ring is 1. The lowest BCUT2D eigenvalue weighted by Gasteiger charge is -2.30. The summed E-state index contributed by atoms with van der Waals surface area (Å²) in [6, 6.07) is 4.12. The summed E-state index contributed by atoms with van der Waals surface area (Å²) in [6.07, 6.45) is 0.876. The normalized spacial score (nSPS) is 27.5. The Morgan fingerprint density at radius 3 is 2.63 bits per heavy atom. The van der Waals surface area contributed by atoms with Crippen LogP contribution in [0.25, 0.3) is 0 Å². The zero-order chi connectivity index (χ0) is 14.0. The van der Waals surface area contributed by atoms with E-state index in [0.29, 0.717) is 19.4 Å². The summed E-state index contributed by atoms with van der Waals surface area (Å²) in [5.74, 6) is 0. The van der Waals surface area contributed by atoms with Gasteiger partial charge in [-0.25, -0.2) is 0 Å². The molecular weight excluding hydrogens is 376 g/mol. The Hall–Kier alpha value is -0.140. The van der Waals surface area contributed by atoms with Crippen molar-refractivity contribution in [3.8, 4) is 0 Å². The highest BCUT2D eigenvalue weighted by Crippen LogP contribution is 2.28. The molecule has 19 heavy (non-hydrogen) atoms. The molecule has 0 amide bonds. The molecule has 2 rings (SSSR count). The number of benzene rings is 1. The molecule has 1 aliphatic carbocycles. The molecule has 0 radical (unpaired) electrons. The number of hydrogen-bond donors (Lipinski definition) is 4. The van der Waals surface area contributed by atoms with Gasteiger partial charge >= 0.3 is 0 Å². The second-order valence-electron chi connectivity index (χ2n) is 4.99. The summed E-state index contributed by atoms with van der Waals surface area (Å²) < 4.78 is 1.85. The molecule has 0 aliphatic heterocycles. The molecule has 0 bridgehead atoms. The van der Waals surface area contributed by atoms with Crippen molar-refractivity contribution in [1.29, 1.82) is 0 Å². The third-order valence-corrected chi connectivity index (χ3v) is 4.66. The fourth-order valence-corrected chi connectivity index (χ4v) is 3.67. The third-order valence-electron chi connectivity index (χ3n) is 3.54. The maximum atomic E-state index is 9.66. The highest BCUT2D eigenvalue weighted by molar-refractivity contribution is 9.11. The number of aliphatic hydroxyl groups excluding tert-OH is 2. The van der Waals surface area contributed by atoms with Crippen molar-refractivity contribution >= 4 is 37.5 Å². The molecule has 4 nitrogen and oxygen atoms in total. The number of hydrogen-bond acceptors (Lipinski definition) is 4. The van der Waals surface area contributed by atoms with Gasteiger partial charge in [0.25, 0.3) is 0 Å². The zero-order valence-electron chi connectivity index (χ0n) is 10.4. The summed E-state index contributed by atoms with van der Waals surface area (Å²) in [5.41, 5.74) is 7.76. The molecule has 3 atom stereocenters. The van der Waals surface area contributed by atoms with E-state index in [9.17, 15) is 10.2 Å². The van der Waals surface area contributed by atoms with E-state index in [1.54, 1.807) is 0 Å². The number of nitrogens with one attached hydrogen (secondary N) is 1. The van der Waals surface area contributed by atoms with E-state index in [1.807, 2.05) is 12.1 Å². The van der Waals surface area contributed by atoms with E-state index in [-0.39, 0.29) is 6.04 Å². The monoisotopic (exact) mass is 392 g/mol. The first-order chi connectivity index (χ1) is 8.97. The van der Waals surface area contributed by atoms with Gasteiger partial charge in [-0.1, -0.05) is 15.9 Å². The van der Waals surface area contributed by atoms with Gasteiger partial charge in [-0.2, -0.15) is 0 Å². The van der Waals surface area contributed by atoms with Crippen LogP contribution >= 0.6 is 31.9 Å². The highest BCUT2D eigenvalue weighted by Gasteiger charge is 2.27. The van der Waals surface area contributed by atoms with Crippen LogP contribution < -0.4 is 11.1 Å². The fourth-order valence-electron chi connectivity index (χ4n) is 2.35. The average molecular weight is 394 g/mol. The van der Waals surface area contributed by atoms with Gasteiger partial charge in [-0.3, -0.25) is 0 Å². The molecule has 0 spiro atoms. The van der Waals surface area contributed by atoms with Crippen LogP contribution in [0.5, 0.6) is 0 Å². The Bertz CT molecular complexity index is 457. The molecule has 1 aromatic carbocycles. The molecule has 0 aromatic heterocycles. The SMILES string of the molecule is Nc1c(Br)cc(Br)cc1CNC1CCC(O)C(O)C1. The molecule has 1 aromatic rings. The maximum Gasteiger partial charge on any atom is 0.0813 e. The first-order valence-corrected chi connectivity index (χ1v) is 7.89. The number of aliphatic hydroxyl groups is 2. The summed E-state index contributed by atoms with van der Waals surface area (Å²) >= 11 is 6.87. The van der Waals surface area contributed by atoms with Crippen LogP contribution in [0.2, 0.25) is 0 Å². The van der Waals surface area contributed by atoms with Gasteiger partial charge in [0.1, 0.15) is 0 Å². The number of halogens is 2. The van der Waals surface area contributed by atoms with Gasteiger partial charge < -0.3 is 21.3 Å². The van der Waals surface area contributed by atoms with Crippen molar-refractivity contribution in [2.75, 3.05) is 5.73 Å². The quantitative estimate of drug-likeness (QED) is 0.593. The van der Waals surface area contributed by atoms with E-state index in [2.05, 4.69) is 37.2 Å². The summed E-state index contributed by atoms with van der Waals surface area (Å²) in [5, 5.41) is 22.5. The van der Waals surface area contributed by atoms with Crippen LogP contribution in [0.4, 0.5) is 5.69 Å². The summed E-state index contributed by atoms with van der Waals surface area (Å²) in [6.45, 7) is 0.650. The first-order valence-electron chi connectivity index (χ1n) is 6.30. The van der Waals surface area contributed by atoms with Crippen LogP contribution in [0.3, 0.4) is 0 Å². The molecule has 3 unspecified atom stereocenters. The van der Waals surface area contributed by atoms with Crippen molar-refractivity contribution in [3.05, 3.63) is 26.6 Å². The first kappa shape index (κ1) is 15.3. The van der Waals surface area contributed by atoms with Crippen molar-refractivity contribution in [3.63, 3.8) is 0 Å². The third kappa shape index (κ3) is 3.92. The second kappa shape index (κ2) is 6.54. The largest absolute Gasteiger partial charge is 0.398 e.